The third kappa shape index (κ3) is 5.76. The summed E-state index contributed by atoms with van der Waals surface area (Å²) in [7, 11) is 0. The molecule has 1 amide bonds. The van der Waals surface area contributed by atoms with Crippen LogP contribution in [0.3, 0.4) is 0 Å². The van der Waals surface area contributed by atoms with Gasteiger partial charge < -0.3 is 10.5 Å². The van der Waals surface area contributed by atoms with E-state index in [1.165, 1.54) is 18.9 Å². The lowest BCUT2D eigenvalue weighted by molar-refractivity contribution is -0.113. The van der Waals surface area contributed by atoms with E-state index in [0.717, 1.165) is 24.3 Å². The van der Waals surface area contributed by atoms with E-state index < -0.39 is 5.91 Å². The van der Waals surface area contributed by atoms with Crippen LogP contribution in [-0.4, -0.2) is 12.5 Å². The molecular weight excluding hydrogens is 214 g/mol. The van der Waals surface area contributed by atoms with Gasteiger partial charge in [-0.3, -0.25) is 4.79 Å². The van der Waals surface area contributed by atoms with E-state index in [1.54, 1.807) is 6.08 Å². The summed E-state index contributed by atoms with van der Waals surface area (Å²) in [5, 5.41) is 0. The van der Waals surface area contributed by atoms with Crippen LogP contribution in [0.5, 0.6) is 5.75 Å². The number of primary amides is 1. The maximum atomic E-state index is 10.6. The lowest BCUT2D eigenvalue weighted by atomic mass is 10.2. The number of amides is 1. The molecule has 0 aliphatic rings. The van der Waals surface area contributed by atoms with Gasteiger partial charge in [0.15, 0.2) is 0 Å². The summed E-state index contributed by atoms with van der Waals surface area (Å²) < 4.78 is 5.61. The molecule has 0 aliphatic heterocycles. The molecule has 0 aromatic heterocycles. The first kappa shape index (κ1) is 13.3. The largest absolute Gasteiger partial charge is 0.494 e. The normalized spacial score (nSPS) is 10.6. The molecular formula is C14H19NO2. The monoisotopic (exact) mass is 233 g/mol. The van der Waals surface area contributed by atoms with E-state index in [2.05, 4.69) is 6.92 Å². The molecule has 0 unspecified atom stereocenters. The van der Waals surface area contributed by atoms with Crippen molar-refractivity contribution in [2.75, 3.05) is 6.61 Å². The second-order valence-electron chi connectivity index (χ2n) is 3.86. The predicted molar refractivity (Wildman–Crippen MR) is 69.7 cm³/mol. The molecule has 0 heterocycles. The molecule has 1 rings (SSSR count). The Morgan fingerprint density at radius 3 is 2.94 bits per heavy atom. The average Bonchev–Trinajstić information content (AvgIpc) is 2.33. The summed E-state index contributed by atoms with van der Waals surface area (Å²) in [6.45, 7) is 2.89. The van der Waals surface area contributed by atoms with Gasteiger partial charge in [0.25, 0.3) is 0 Å². The van der Waals surface area contributed by atoms with Crippen molar-refractivity contribution < 1.29 is 9.53 Å². The number of carbonyl (C=O) groups excluding carboxylic acids is 1. The fourth-order valence-electron chi connectivity index (χ4n) is 1.43. The predicted octanol–water partition coefficient (Wildman–Crippen LogP) is 2.75. The molecule has 0 fully saturated rings. The molecule has 3 heteroatoms. The van der Waals surface area contributed by atoms with E-state index in [1.807, 2.05) is 24.3 Å². The number of rotatable bonds is 7. The van der Waals surface area contributed by atoms with E-state index in [9.17, 15) is 4.79 Å². The standard InChI is InChI=1S/C14H19NO2/c1-2-3-4-10-17-13-7-5-6-12(11-13)8-9-14(15)16/h5-9,11H,2-4,10H2,1H3,(H2,15,16)/b9-8+. The van der Waals surface area contributed by atoms with Crippen LogP contribution in [0.15, 0.2) is 30.3 Å². The average molecular weight is 233 g/mol. The molecule has 17 heavy (non-hydrogen) atoms. The van der Waals surface area contributed by atoms with Crippen LogP contribution in [0.1, 0.15) is 31.7 Å². The van der Waals surface area contributed by atoms with Gasteiger partial charge in [0.2, 0.25) is 5.91 Å². The second-order valence-corrected chi connectivity index (χ2v) is 3.86. The molecule has 0 saturated heterocycles. The smallest absolute Gasteiger partial charge is 0.241 e. The summed E-state index contributed by atoms with van der Waals surface area (Å²) >= 11 is 0. The zero-order chi connectivity index (χ0) is 12.5. The summed E-state index contributed by atoms with van der Waals surface area (Å²) in [6.07, 6.45) is 6.46. The Kier molecular flexibility index (Phi) is 5.86. The number of nitrogens with two attached hydrogens (primary N) is 1. The van der Waals surface area contributed by atoms with Gasteiger partial charge in [0, 0.05) is 6.08 Å². The van der Waals surface area contributed by atoms with Crippen molar-refractivity contribution in [2.24, 2.45) is 5.73 Å². The third-order valence-corrected chi connectivity index (χ3v) is 2.31. The number of hydrogen-bond donors (Lipinski definition) is 1. The van der Waals surface area contributed by atoms with Crippen molar-refractivity contribution in [3.8, 4) is 5.75 Å². The fraction of sp³-hybridized carbons (Fsp3) is 0.357. The number of ether oxygens (including phenoxy) is 1. The Balaban J connectivity index is 2.50. The molecule has 1 aromatic carbocycles. The maximum Gasteiger partial charge on any atom is 0.241 e. The van der Waals surface area contributed by atoms with Crippen molar-refractivity contribution in [3.05, 3.63) is 35.9 Å². The number of benzene rings is 1. The maximum absolute atomic E-state index is 10.6. The highest BCUT2D eigenvalue weighted by atomic mass is 16.5. The van der Waals surface area contributed by atoms with Gasteiger partial charge in [0.1, 0.15) is 5.75 Å². The zero-order valence-corrected chi connectivity index (χ0v) is 10.2. The first-order valence-electron chi connectivity index (χ1n) is 5.92. The van der Waals surface area contributed by atoms with Gasteiger partial charge in [-0.1, -0.05) is 31.9 Å². The Labute approximate surface area is 102 Å². The van der Waals surface area contributed by atoms with Gasteiger partial charge in [-0.2, -0.15) is 0 Å². The zero-order valence-electron chi connectivity index (χ0n) is 10.2. The van der Waals surface area contributed by atoms with Crippen LogP contribution in [0, 0.1) is 0 Å². The van der Waals surface area contributed by atoms with Crippen molar-refractivity contribution in [1.29, 1.82) is 0 Å². The quantitative estimate of drug-likeness (QED) is 0.581. The van der Waals surface area contributed by atoms with E-state index in [-0.39, 0.29) is 0 Å². The minimum absolute atomic E-state index is 0.445. The van der Waals surface area contributed by atoms with Crippen LogP contribution in [-0.2, 0) is 4.79 Å². The molecule has 3 nitrogen and oxygen atoms in total. The van der Waals surface area contributed by atoms with Gasteiger partial charge in [-0.25, -0.2) is 0 Å². The Morgan fingerprint density at radius 2 is 2.24 bits per heavy atom. The van der Waals surface area contributed by atoms with Crippen LogP contribution in [0.4, 0.5) is 0 Å². The molecule has 92 valence electrons. The number of hydrogen-bond acceptors (Lipinski definition) is 2. The molecule has 0 spiro atoms. The SMILES string of the molecule is CCCCCOc1cccc(/C=C/C(N)=O)c1. The van der Waals surface area contributed by atoms with Gasteiger partial charge in [-0.15, -0.1) is 0 Å². The van der Waals surface area contributed by atoms with E-state index in [0.29, 0.717) is 0 Å². The van der Waals surface area contributed by atoms with Crippen LogP contribution in [0.2, 0.25) is 0 Å². The molecule has 2 N–H and O–H groups in total. The molecule has 0 bridgehead atoms. The van der Waals surface area contributed by atoms with Crippen molar-refractivity contribution in [1.82, 2.24) is 0 Å². The van der Waals surface area contributed by atoms with Crippen LogP contribution < -0.4 is 10.5 Å². The second kappa shape index (κ2) is 7.49. The highest BCUT2D eigenvalue weighted by Gasteiger charge is 1.95. The summed E-state index contributed by atoms with van der Waals surface area (Å²) in [5.74, 6) is 0.381. The summed E-state index contributed by atoms with van der Waals surface area (Å²) in [5.41, 5.74) is 5.95. The topological polar surface area (TPSA) is 52.3 Å². The van der Waals surface area contributed by atoms with E-state index >= 15 is 0 Å². The molecule has 0 aliphatic carbocycles. The molecule has 0 atom stereocenters. The number of carbonyl (C=O) groups is 1. The molecule has 0 radical (unpaired) electrons. The van der Waals surface area contributed by atoms with Crippen molar-refractivity contribution in [3.63, 3.8) is 0 Å². The van der Waals surface area contributed by atoms with Gasteiger partial charge in [-0.05, 0) is 30.2 Å². The Hall–Kier alpha value is -1.77. The van der Waals surface area contributed by atoms with Gasteiger partial charge >= 0.3 is 0 Å². The lowest BCUT2D eigenvalue weighted by Gasteiger charge is -2.06. The molecule has 1 aromatic rings. The van der Waals surface area contributed by atoms with Gasteiger partial charge in [0.05, 0.1) is 6.61 Å². The van der Waals surface area contributed by atoms with E-state index in [4.69, 9.17) is 10.5 Å². The summed E-state index contributed by atoms with van der Waals surface area (Å²) in [4.78, 5) is 10.6. The third-order valence-electron chi connectivity index (χ3n) is 2.31. The minimum atomic E-state index is -0.445. The fourth-order valence-corrected chi connectivity index (χ4v) is 1.43. The number of unbranched alkanes of at least 4 members (excludes halogenated alkanes) is 2. The lowest BCUT2D eigenvalue weighted by Crippen LogP contribution is -2.05. The van der Waals surface area contributed by atoms with Crippen molar-refractivity contribution in [2.45, 2.75) is 26.2 Å². The van der Waals surface area contributed by atoms with Crippen LogP contribution >= 0.6 is 0 Å². The highest BCUT2D eigenvalue weighted by Crippen LogP contribution is 2.15. The minimum Gasteiger partial charge on any atom is -0.494 e. The Bertz CT molecular complexity index is 386. The molecule has 0 saturated carbocycles. The first-order valence-corrected chi connectivity index (χ1v) is 5.92. The van der Waals surface area contributed by atoms with Crippen LogP contribution in [0.25, 0.3) is 6.08 Å². The first-order chi connectivity index (χ1) is 8.22. The highest BCUT2D eigenvalue weighted by molar-refractivity contribution is 5.90. The summed E-state index contributed by atoms with van der Waals surface area (Å²) in [6, 6.07) is 7.60. The Morgan fingerprint density at radius 1 is 1.41 bits per heavy atom. The van der Waals surface area contributed by atoms with Crippen molar-refractivity contribution >= 4 is 12.0 Å².